The van der Waals surface area contributed by atoms with Gasteiger partial charge in [0.05, 0.1) is 13.2 Å². The summed E-state index contributed by atoms with van der Waals surface area (Å²) in [6.07, 6.45) is 2.45. The van der Waals surface area contributed by atoms with E-state index in [0.29, 0.717) is 0 Å². The average Bonchev–Trinajstić information content (AvgIpc) is 2.29. The van der Waals surface area contributed by atoms with Crippen molar-refractivity contribution in [2.75, 3.05) is 12.9 Å². The third-order valence-electron chi connectivity index (χ3n) is 2.40. The summed E-state index contributed by atoms with van der Waals surface area (Å²) >= 11 is 1.71. The molecule has 0 amide bonds. The predicted octanol–water partition coefficient (Wildman–Crippen LogP) is 2.05. The number of aliphatic imine (C=N–C) groups is 1. The second kappa shape index (κ2) is 4.51. The van der Waals surface area contributed by atoms with Crippen molar-refractivity contribution in [2.24, 2.45) is 4.99 Å². The van der Waals surface area contributed by atoms with Crippen molar-refractivity contribution in [2.45, 2.75) is 17.4 Å². The molecule has 0 saturated carbocycles. The van der Waals surface area contributed by atoms with Gasteiger partial charge in [0.25, 0.3) is 0 Å². The first-order valence-corrected chi connectivity index (χ1v) is 5.68. The fourth-order valence-electron chi connectivity index (χ4n) is 1.62. The van der Waals surface area contributed by atoms with Gasteiger partial charge in [0.15, 0.2) is 0 Å². The number of methoxy groups -OCH3 is 1. The Balaban J connectivity index is 2.24. The largest absolute Gasteiger partial charge is 0.497 e. The average molecular weight is 221 g/mol. The molecule has 0 bridgehead atoms. The summed E-state index contributed by atoms with van der Waals surface area (Å²) in [4.78, 5) is 15.2. The number of fused-ring (bicyclic) bond motifs is 1. The fourth-order valence-corrected chi connectivity index (χ4v) is 2.72. The maximum absolute atomic E-state index is 10.2. The molecule has 0 aromatic heterocycles. The molecule has 1 aliphatic rings. The van der Waals surface area contributed by atoms with Crippen molar-refractivity contribution < 1.29 is 9.53 Å². The van der Waals surface area contributed by atoms with E-state index >= 15 is 0 Å². The van der Waals surface area contributed by atoms with Crippen molar-refractivity contribution in [3.05, 3.63) is 23.8 Å². The second-order valence-corrected chi connectivity index (χ2v) is 4.42. The summed E-state index contributed by atoms with van der Waals surface area (Å²) in [6.45, 7) is 0. The number of isocyanates is 1. The molecule has 0 fully saturated rings. The lowest BCUT2D eigenvalue weighted by atomic mass is 10.1. The van der Waals surface area contributed by atoms with Gasteiger partial charge in [-0.05, 0) is 24.1 Å². The standard InChI is InChI=1S/C11H11NO2S/c1-14-10-3-2-8-4-9(12-7-13)6-15-11(8)5-10/h2-3,5,9H,4,6H2,1H3. The molecule has 78 valence electrons. The van der Waals surface area contributed by atoms with Gasteiger partial charge in [0, 0.05) is 10.6 Å². The molecular weight excluding hydrogens is 210 g/mol. The minimum absolute atomic E-state index is 0.0772. The Hall–Kier alpha value is -1.25. The first-order valence-electron chi connectivity index (χ1n) is 4.70. The lowest BCUT2D eigenvalue weighted by molar-refractivity contribution is 0.413. The molecule has 1 atom stereocenters. The topological polar surface area (TPSA) is 38.7 Å². The van der Waals surface area contributed by atoms with Gasteiger partial charge in [-0.15, -0.1) is 11.8 Å². The fraction of sp³-hybridized carbons (Fsp3) is 0.364. The smallest absolute Gasteiger partial charge is 0.235 e. The second-order valence-electron chi connectivity index (χ2n) is 3.36. The Morgan fingerprint density at radius 1 is 1.60 bits per heavy atom. The van der Waals surface area contributed by atoms with Crippen LogP contribution in [0.5, 0.6) is 5.75 Å². The zero-order valence-electron chi connectivity index (χ0n) is 8.40. The molecule has 2 rings (SSSR count). The van der Waals surface area contributed by atoms with Crippen molar-refractivity contribution in [3.63, 3.8) is 0 Å². The van der Waals surface area contributed by atoms with Gasteiger partial charge < -0.3 is 4.74 Å². The summed E-state index contributed by atoms with van der Waals surface area (Å²) in [6, 6.07) is 6.08. The van der Waals surface area contributed by atoms with Crippen LogP contribution >= 0.6 is 11.8 Å². The van der Waals surface area contributed by atoms with Crippen molar-refractivity contribution in [3.8, 4) is 5.75 Å². The van der Waals surface area contributed by atoms with Crippen LogP contribution in [0.25, 0.3) is 0 Å². The molecule has 3 nitrogen and oxygen atoms in total. The number of rotatable bonds is 2. The van der Waals surface area contributed by atoms with Gasteiger partial charge in [-0.3, -0.25) is 0 Å². The van der Waals surface area contributed by atoms with E-state index in [1.165, 1.54) is 10.5 Å². The number of carbonyl (C=O) groups excluding carboxylic acids is 1. The van der Waals surface area contributed by atoms with Crippen LogP contribution in [0.3, 0.4) is 0 Å². The van der Waals surface area contributed by atoms with E-state index in [4.69, 9.17) is 4.74 Å². The lowest BCUT2D eigenvalue weighted by Gasteiger charge is -2.20. The first kappa shape index (κ1) is 10.3. The van der Waals surface area contributed by atoms with Crippen LogP contribution < -0.4 is 4.74 Å². The Kier molecular flexibility index (Phi) is 3.09. The maximum atomic E-state index is 10.2. The molecule has 1 heterocycles. The summed E-state index contributed by atoms with van der Waals surface area (Å²) in [5, 5.41) is 0. The Labute approximate surface area is 92.5 Å². The summed E-state index contributed by atoms with van der Waals surface area (Å²) < 4.78 is 5.16. The quantitative estimate of drug-likeness (QED) is 0.566. The Morgan fingerprint density at radius 2 is 2.47 bits per heavy atom. The number of thioether (sulfide) groups is 1. The summed E-state index contributed by atoms with van der Waals surface area (Å²) in [7, 11) is 1.66. The van der Waals surface area contributed by atoms with Crippen LogP contribution in [0.15, 0.2) is 28.1 Å². The number of hydrogen-bond donors (Lipinski definition) is 0. The van der Waals surface area contributed by atoms with Crippen LogP contribution in [0.2, 0.25) is 0 Å². The van der Waals surface area contributed by atoms with Crippen molar-refractivity contribution in [1.29, 1.82) is 0 Å². The third-order valence-corrected chi connectivity index (χ3v) is 3.64. The third kappa shape index (κ3) is 2.22. The zero-order chi connectivity index (χ0) is 10.7. The number of benzene rings is 1. The highest BCUT2D eigenvalue weighted by Gasteiger charge is 2.18. The van der Waals surface area contributed by atoms with Gasteiger partial charge in [-0.25, -0.2) is 9.79 Å². The van der Waals surface area contributed by atoms with Crippen molar-refractivity contribution in [1.82, 2.24) is 0 Å². The highest BCUT2D eigenvalue weighted by molar-refractivity contribution is 7.99. The zero-order valence-corrected chi connectivity index (χ0v) is 9.21. The minimum Gasteiger partial charge on any atom is -0.497 e. The monoisotopic (exact) mass is 221 g/mol. The number of ether oxygens (including phenoxy) is 1. The number of hydrogen-bond acceptors (Lipinski definition) is 4. The van der Waals surface area contributed by atoms with Crippen LogP contribution in [0.1, 0.15) is 5.56 Å². The molecule has 4 heteroatoms. The van der Waals surface area contributed by atoms with E-state index < -0.39 is 0 Å². The molecule has 1 aromatic carbocycles. The van der Waals surface area contributed by atoms with Crippen LogP contribution in [0, 0.1) is 0 Å². The lowest BCUT2D eigenvalue weighted by Crippen LogP contribution is -2.16. The molecular formula is C11H11NO2S. The van der Waals surface area contributed by atoms with Gasteiger partial charge in [-0.2, -0.15) is 0 Å². The van der Waals surface area contributed by atoms with Gasteiger partial charge in [0.2, 0.25) is 6.08 Å². The summed E-state index contributed by atoms with van der Waals surface area (Å²) in [5.74, 6) is 1.72. The van der Waals surface area contributed by atoms with E-state index in [0.717, 1.165) is 17.9 Å². The van der Waals surface area contributed by atoms with Crippen LogP contribution in [0.4, 0.5) is 0 Å². The summed E-state index contributed by atoms with van der Waals surface area (Å²) in [5.41, 5.74) is 1.23. The SMILES string of the molecule is COc1ccc2c(c1)SCC(N=C=O)C2. The molecule has 0 spiro atoms. The Morgan fingerprint density at radius 3 is 3.20 bits per heavy atom. The van der Waals surface area contributed by atoms with E-state index in [2.05, 4.69) is 4.99 Å². The van der Waals surface area contributed by atoms with Crippen LogP contribution in [-0.4, -0.2) is 25.0 Å². The predicted molar refractivity (Wildman–Crippen MR) is 59.3 cm³/mol. The number of nitrogens with zero attached hydrogens (tertiary/aromatic N) is 1. The molecule has 0 N–H and O–H groups in total. The van der Waals surface area contributed by atoms with E-state index in [-0.39, 0.29) is 6.04 Å². The maximum Gasteiger partial charge on any atom is 0.235 e. The van der Waals surface area contributed by atoms with E-state index in [1.54, 1.807) is 25.0 Å². The van der Waals surface area contributed by atoms with Gasteiger partial charge in [-0.1, -0.05) is 6.07 Å². The highest BCUT2D eigenvalue weighted by atomic mass is 32.2. The van der Waals surface area contributed by atoms with E-state index in [9.17, 15) is 4.79 Å². The molecule has 15 heavy (non-hydrogen) atoms. The van der Waals surface area contributed by atoms with Crippen LogP contribution in [-0.2, 0) is 11.2 Å². The van der Waals surface area contributed by atoms with Gasteiger partial charge in [0.1, 0.15) is 5.75 Å². The van der Waals surface area contributed by atoms with Crippen molar-refractivity contribution >= 4 is 17.8 Å². The first-order chi connectivity index (χ1) is 7.33. The molecule has 0 aliphatic carbocycles. The Bertz CT molecular complexity index is 413. The molecule has 1 unspecified atom stereocenters. The molecule has 1 aromatic rings. The minimum atomic E-state index is 0.0772. The molecule has 1 aliphatic heterocycles. The normalized spacial score (nSPS) is 18.9. The molecule has 0 saturated heterocycles. The highest BCUT2D eigenvalue weighted by Crippen LogP contribution is 2.33. The van der Waals surface area contributed by atoms with Gasteiger partial charge >= 0.3 is 0 Å². The molecule has 0 radical (unpaired) electrons. The van der Waals surface area contributed by atoms with E-state index in [1.807, 2.05) is 18.2 Å².